The number of anilines is 1. The van der Waals surface area contributed by atoms with Crippen molar-refractivity contribution >= 4 is 23.6 Å². The van der Waals surface area contributed by atoms with Gasteiger partial charge in [0.1, 0.15) is 18.2 Å². The highest BCUT2D eigenvalue weighted by molar-refractivity contribution is 5.99. The van der Waals surface area contributed by atoms with E-state index in [0.29, 0.717) is 0 Å². The van der Waals surface area contributed by atoms with E-state index < -0.39 is 17.7 Å². The summed E-state index contributed by atoms with van der Waals surface area (Å²) in [5.41, 5.74) is 3.56. The molecule has 7 heteroatoms. The molecule has 1 atom stereocenters. The van der Waals surface area contributed by atoms with Gasteiger partial charge < -0.3 is 20.3 Å². The minimum absolute atomic E-state index is 0.276. The van der Waals surface area contributed by atoms with E-state index in [9.17, 15) is 14.4 Å². The molecule has 0 bridgehead atoms. The van der Waals surface area contributed by atoms with Crippen LogP contribution < -0.4 is 10.6 Å². The molecule has 0 radical (unpaired) electrons. The van der Waals surface area contributed by atoms with Crippen LogP contribution >= 0.6 is 0 Å². The molecule has 178 valence electrons. The van der Waals surface area contributed by atoms with Gasteiger partial charge in [0.05, 0.1) is 0 Å². The van der Waals surface area contributed by atoms with E-state index in [4.69, 9.17) is 4.74 Å². The Morgan fingerprint density at radius 3 is 2.06 bits per heavy atom. The smallest absolute Gasteiger partial charge is 0.408 e. The van der Waals surface area contributed by atoms with Gasteiger partial charge >= 0.3 is 6.09 Å². The average molecular weight is 454 g/mol. The van der Waals surface area contributed by atoms with Crippen LogP contribution in [0.15, 0.2) is 42.5 Å². The molecular weight excluding hydrogens is 418 g/mol. The van der Waals surface area contributed by atoms with Crippen LogP contribution in [0.2, 0.25) is 0 Å². The Bertz CT molecular complexity index is 991. The van der Waals surface area contributed by atoms with Crippen molar-refractivity contribution < 1.29 is 19.1 Å². The summed E-state index contributed by atoms with van der Waals surface area (Å²) in [5.74, 6) is -0.692. The Balaban J connectivity index is 2.34. The van der Waals surface area contributed by atoms with E-state index in [1.165, 1.54) is 4.90 Å². The number of hydrogen-bond acceptors (Lipinski definition) is 4. The molecule has 7 nitrogen and oxygen atoms in total. The zero-order valence-corrected chi connectivity index (χ0v) is 20.6. The van der Waals surface area contributed by atoms with Gasteiger partial charge in [-0.25, -0.2) is 4.79 Å². The standard InChI is InChI=1S/C26H35N3O4/c1-8-29(21(30)16-27-25(32)33-26(5,6)7)23(20-15-10-9-12-17(20)2)24(31)28-22-18(3)13-11-14-19(22)4/h9-15,23H,8,16H2,1-7H3,(H,27,32)(H,28,31). The molecule has 0 heterocycles. The SMILES string of the molecule is CCN(C(=O)CNC(=O)OC(C)(C)C)C(C(=O)Nc1c(C)cccc1C)c1ccccc1C. The lowest BCUT2D eigenvalue weighted by atomic mass is 9.98. The summed E-state index contributed by atoms with van der Waals surface area (Å²) >= 11 is 0. The van der Waals surface area contributed by atoms with Gasteiger partial charge in [0.15, 0.2) is 0 Å². The lowest BCUT2D eigenvalue weighted by molar-refractivity contribution is -0.138. The monoisotopic (exact) mass is 453 g/mol. The van der Waals surface area contributed by atoms with E-state index in [0.717, 1.165) is 27.9 Å². The quantitative estimate of drug-likeness (QED) is 0.638. The molecule has 0 saturated carbocycles. The van der Waals surface area contributed by atoms with E-state index in [1.54, 1.807) is 20.8 Å². The minimum Gasteiger partial charge on any atom is -0.444 e. The topological polar surface area (TPSA) is 87.7 Å². The Morgan fingerprint density at radius 1 is 0.939 bits per heavy atom. The number of alkyl carbamates (subject to hydrolysis) is 1. The molecule has 0 aliphatic rings. The molecule has 0 aromatic heterocycles. The number of rotatable bonds is 7. The molecule has 0 aliphatic heterocycles. The number of carbonyl (C=O) groups is 3. The fourth-order valence-electron chi connectivity index (χ4n) is 3.61. The van der Waals surface area contributed by atoms with Crippen LogP contribution in [-0.4, -0.2) is 41.5 Å². The first-order chi connectivity index (χ1) is 15.4. The molecule has 0 fully saturated rings. The van der Waals surface area contributed by atoms with Crippen molar-refractivity contribution in [1.82, 2.24) is 10.2 Å². The molecule has 2 aromatic rings. The van der Waals surface area contributed by atoms with Crippen LogP contribution in [0.5, 0.6) is 0 Å². The summed E-state index contributed by atoms with van der Waals surface area (Å²) in [5, 5.41) is 5.52. The highest BCUT2D eigenvalue weighted by Gasteiger charge is 2.32. The predicted octanol–water partition coefficient (Wildman–Crippen LogP) is 4.66. The van der Waals surface area contributed by atoms with E-state index in [-0.39, 0.29) is 24.9 Å². The second-order valence-corrected chi connectivity index (χ2v) is 9.05. The first-order valence-corrected chi connectivity index (χ1v) is 11.1. The van der Waals surface area contributed by atoms with Gasteiger partial charge in [-0.3, -0.25) is 9.59 Å². The highest BCUT2D eigenvalue weighted by Crippen LogP contribution is 2.28. The van der Waals surface area contributed by atoms with E-state index >= 15 is 0 Å². The molecule has 3 amide bonds. The zero-order chi connectivity index (χ0) is 24.8. The third-order valence-electron chi connectivity index (χ3n) is 5.22. The van der Waals surface area contributed by atoms with Gasteiger partial charge in [-0.05, 0) is 70.7 Å². The van der Waals surface area contributed by atoms with Crippen LogP contribution in [0.4, 0.5) is 10.5 Å². The second kappa shape index (κ2) is 11.0. The van der Waals surface area contributed by atoms with Crippen LogP contribution in [0, 0.1) is 20.8 Å². The maximum Gasteiger partial charge on any atom is 0.408 e. The fraction of sp³-hybridized carbons (Fsp3) is 0.423. The molecule has 1 unspecified atom stereocenters. The number of para-hydroxylation sites is 1. The maximum absolute atomic E-state index is 13.6. The molecule has 0 saturated heterocycles. The molecule has 0 aliphatic carbocycles. The fourth-order valence-corrected chi connectivity index (χ4v) is 3.61. The van der Waals surface area contributed by atoms with Crippen LogP contribution in [0.3, 0.4) is 0 Å². The van der Waals surface area contributed by atoms with Crippen molar-refractivity contribution in [1.29, 1.82) is 0 Å². The van der Waals surface area contributed by atoms with Gasteiger partial charge in [0, 0.05) is 12.2 Å². The normalized spacial score (nSPS) is 12.0. The Kier molecular flexibility index (Phi) is 8.63. The van der Waals surface area contributed by atoms with Crippen molar-refractivity contribution in [2.45, 2.75) is 60.1 Å². The van der Waals surface area contributed by atoms with Gasteiger partial charge in [-0.2, -0.15) is 0 Å². The first kappa shape index (κ1) is 25.9. The summed E-state index contributed by atoms with van der Waals surface area (Å²) in [4.78, 5) is 40.2. The molecule has 0 spiro atoms. The lowest BCUT2D eigenvalue weighted by Gasteiger charge is -2.32. The van der Waals surface area contributed by atoms with Crippen molar-refractivity contribution in [2.75, 3.05) is 18.4 Å². The largest absolute Gasteiger partial charge is 0.444 e. The van der Waals surface area contributed by atoms with Crippen LogP contribution in [0.1, 0.15) is 56.0 Å². The third kappa shape index (κ3) is 7.07. The van der Waals surface area contributed by atoms with Gasteiger partial charge in [-0.15, -0.1) is 0 Å². The van der Waals surface area contributed by atoms with Crippen LogP contribution in [-0.2, 0) is 14.3 Å². The number of benzene rings is 2. The number of ether oxygens (including phenoxy) is 1. The molecular formula is C26H35N3O4. The van der Waals surface area contributed by atoms with Crippen molar-refractivity contribution in [3.05, 3.63) is 64.7 Å². The van der Waals surface area contributed by atoms with Crippen molar-refractivity contribution in [3.8, 4) is 0 Å². The number of carbonyl (C=O) groups excluding carboxylic acids is 3. The highest BCUT2D eigenvalue weighted by atomic mass is 16.6. The molecule has 2 aromatic carbocycles. The first-order valence-electron chi connectivity index (χ1n) is 11.1. The summed E-state index contributed by atoms with van der Waals surface area (Å²) in [7, 11) is 0. The van der Waals surface area contributed by atoms with Crippen molar-refractivity contribution in [2.24, 2.45) is 0 Å². The van der Waals surface area contributed by atoms with Gasteiger partial charge in [0.25, 0.3) is 5.91 Å². The molecule has 2 rings (SSSR count). The number of aryl methyl sites for hydroxylation is 3. The summed E-state index contributed by atoms with van der Waals surface area (Å²) in [6, 6.07) is 12.4. The number of hydrogen-bond donors (Lipinski definition) is 2. The molecule has 33 heavy (non-hydrogen) atoms. The lowest BCUT2D eigenvalue weighted by Crippen LogP contribution is -2.46. The zero-order valence-electron chi connectivity index (χ0n) is 20.6. The maximum atomic E-state index is 13.6. The Morgan fingerprint density at radius 2 is 1.52 bits per heavy atom. The predicted molar refractivity (Wildman–Crippen MR) is 130 cm³/mol. The number of nitrogens with zero attached hydrogens (tertiary/aromatic N) is 1. The summed E-state index contributed by atoms with van der Waals surface area (Å²) in [6.07, 6.45) is -0.681. The van der Waals surface area contributed by atoms with Gasteiger partial charge in [0.2, 0.25) is 5.91 Å². The average Bonchev–Trinajstić information content (AvgIpc) is 2.72. The minimum atomic E-state index is -0.858. The van der Waals surface area contributed by atoms with Crippen LogP contribution in [0.25, 0.3) is 0 Å². The summed E-state index contributed by atoms with van der Waals surface area (Å²) < 4.78 is 5.22. The van der Waals surface area contributed by atoms with E-state index in [2.05, 4.69) is 10.6 Å². The Labute approximate surface area is 196 Å². The van der Waals surface area contributed by atoms with E-state index in [1.807, 2.05) is 70.2 Å². The number of likely N-dealkylation sites (N-methyl/N-ethyl adjacent to an activating group) is 1. The summed E-state index contributed by atoms with van der Waals surface area (Å²) in [6.45, 7) is 12.8. The third-order valence-corrected chi connectivity index (χ3v) is 5.22. The van der Waals surface area contributed by atoms with Crippen molar-refractivity contribution in [3.63, 3.8) is 0 Å². The Hall–Kier alpha value is -3.35. The number of nitrogens with one attached hydrogen (secondary N) is 2. The second-order valence-electron chi connectivity index (χ2n) is 9.05. The molecule has 2 N–H and O–H groups in total. The number of amides is 3. The van der Waals surface area contributed by atoms with Gasteiger partial charge in [-0.1, -0.05) is 42.5 Å².